The van der Waals surface area contributed by atoms with Gasteiger partial charge in [0.1, 0.15) is 0 Å². The van der Waals surface area contributed by atoms with Gasteiger partial charge in [0.2, 0.25) is 5.91 Å². The van der Waals surface area contributed by atoms with Crippen LogP contribution in [-0.2, 0) is 30.7 Å². The van der Waals surface area contributed by atoms with Crippen molar-refractivity contribution in [1.29, 1.82) is 0 Å². The van der Waals surface area contributed by atoms with E-state index in [1.54, 1.807) is 0 Å². The minimum Gasteiger partial charge on any atom is -0.361 e. The molecular weight excluding hydrogens is 492 g/mol. The number of para-hydroxylation sites is 2. The van der Waals surface area contributed by atoms with Crippen LogP contribution < -0.4 is 10.6 Å². The molecule has 4 aromatic carbocycles. The second kappa shape index (κ2) is 11.9. The van der Waals surface area contributed by atoms with Crippen LogP contribution in [0, 0.1) is 5.92 Å². The predicted molar refractivity (Wildman–Crippen MR) is 163 cm³/mol. The van der Waals surface area contributed by atoms with E-state index in [1.807, 2.05) is 35.4 Å². The summed E-state index contributed by atoms with van der Waals surface area (Å²) in [6.45, 7) is 3.28. The summed E-state index contributed by atoms with van der Waals surface area (Å²) in [6.07, 6.45) is 3.42. The van der Waals surface area contributed by atoms with E-state index in [-0.39, 0.29) is 5.91 Å². The van der Waals surface area contributed by atoms with Gasteiger partial charge in [-0.15, -0.1) is 0 Å². The number of aromatic amines is 1. The first kappa shape index (κ1) is 26.1. The summed E-state index contributed by atoms with van der Waals surface area (Å²) in [5.74, 6) is 0.284. The zero-order valence-electron chi connectivity index (χ0n) is 22.7. The minimum absolute atomic E-state index is 0.0138. The molecule has 0 bridgehead atoms. The van der Waals surface area contributed by atoms with E-state index in [4.69, 9.17) is 5.73 Å². The molecule has 3 N–H and O–H groups in total. The van der Waals surface area contributed by atoms with Crippen LogP contribution in [0.2, 0.25) is 0 Å². The number of nitrogens with zero attached hydrogens (tertiary/aromatic N) is 2. The van der Waals surface area contributed by atoms with Crippen LogP contribution in [-0.4, -0.2) is 34.9 Å². The fourth-order valence-electron chi connectivity index (χ4n) is 6.07. The number of hydrogen-bond donors (Lipinski definition) is 2. The summed E-state index contributed by atoms with van der Waals surface area (Å²) in [7, 11) is 0. The zero-order valence-corrected chi connectivity index (χ0v) is 22.7. The molecule has 0 saturated heterocycles. The maximum absolute atomic E-state index is 13.9. The van der Waals surface area contributed by atoms with Crippen LogP contribution >= 0.6 is 0 Å². The van der Waals surface area contributed by atoms with Crippen molar-refractivity contribution in [3.8, 4) is 0 Å². The Morgan fingerprint density at radius 3 is 2.20 bits per heavy atom. The van der Waals surface area contributed by atoms with Crippen molar-refractivity contribution in [3.63, 3.8) is 0 Å². The van der Waals surface area contributed by atoms with Gasteiger partial charge in [0.15, 0.2) is 0 Å². The molecule has 1 aromatic heterocycles. The van der Waals surface area contributed by atoms with Gasteiger partial charge in [-0.25, -0.2) is 0 Å². The molecule has 6 rings (SSSR count). The van der Waals surface area contributed by atoms with Crippen molar-refractivity contribution in [1.82, 2.24) is 9.88 Å². The van der Waals surface area contributed by atoms with Gasteiger partial charge in [-0.2, -0.15) is 0 Å². The van der Waals surface area contributed by atoms with Gasteiger partial charge in [-0.1, -0.05) is 97.1 Å². The molecule has 5 nitrogen and oxygen atoms in total. The Morgan fingerprint density at radius 1 is 0.850 bits per heavy atom. The van der Waals surface area contributed by atoms with E-state index in [0.717, 1.165) is 48.2 Å². The second-order valence-electron chi connectivity index (χ2n) is 11.0. The Bertz CT molecular complexity index is 1520. The molecule has 1 amide bonds. The molecule has 2 unspecified atom stereocenters. The number of carbonyl (C=O) groups excluding carboxylic acids is 1. The highest BCUT2D eigenvalue weighted by molar-refractivity contribution is 5.98. The van der Waals surface area contributed by atoms with E-state index in [2.05, 4.69) is 94.8 Å². The number of amides is 1. The molecule has 0 radical (unpaired) electrons. The summed E-state index contributed by atoms with van der Waals surface area (Å²) < 4.78 is 0. The lowest BCUT2D eigenvalue weighted by atomic mass is 9.90. The summed E-state index contributed by atoms with van der Waals surface area (Å²) in [5.41, 5.74) is 13.6. The Labute approximate surface area is 236 Å². The second-order valence-corrected chi connectivity index (χ2v) is 11.0. The number of H-pyrrole nitrogens is 1. The maximum atomic E-state index is 13.9. The highest BCUT2D eigenvalue weighted by atomic mass is 16.2. The number of anilines is 1. The third kappa shape index (κ3) is 5.86. The third-order valence-electron chi connectivity index (χ3n) is 7.94. The normalized spacial score (nSPS) is 15.8. The average molecular weight is 529 g/mol. The van der Waals surface area contributed by atoms with Crippen molar-refractivity contribution in [2.45, 2.75) is 32.0 Å². The number of benzene rings is 4. The first-order valence-electron chi connectivity index (χ1n) is 14.1. The van der Waals surface area contributed by atoms with Gasteiger partial charge in [-0.3, -0.25) is 9.69 Å². The fraction of sp³-hybridized carbons (Fsp3) is 0.229. The molecule has 5 heteroatoms. The molecule has 5 aromatic rings. The van der Waals surface area contributed by atoms with Gasteiger partial charge >= 0.3 is 0 Å². The van der Waals surface area contributed by atoms with E-state index in [9.17, 15) is 4.79 Å². The van der Waals surface area contributed by atoms with Crippen LogP contribution in [0.5, 0.6) is 0 Å². The lowest BCUT2D eigenvalue weighted by molar-refractivity contribution is -0.120. The SMILES string of the molecule is NC(Cc1c[nH]c2ccccc12)C(=O)N1CC(CN(Cc2ccccc2)Cc2ccccc2)Cc2ccccc21. The van der Waals surface area contributed by atoms with Gasteiger partial charge in [0.05, 0.1) is 6.04 Å². The average Bonchev–Trinajstić information content (AvgIpc) is 3.40. The summed E-state index contributed by atoms with van der Waals surface area (Å²) in [5, 5.41) is 1.13. The quantitative estimate of drug-likeness (QED) is 0.249. The van der Waals surface area contributed by atoms with Gasteiger partial charge in [0.25, 0.3) is 0 Å². The molecule has 1 aliphatic heterocycles. The number of hydrogen-bond acceptors (Lipinski definition) is 3. The Kier molecular flexibility index (Phi) is 7.76. The fourth-order valence-corrected chi connectivity index (χ4v) is 6.07. The molecule has 1 aliphatic rings. The standard InChI is InChI=1S/C35H36N4O/c36-32(20-30-21-37-33-17-9-8-16-31(30)33)35(40)39-25-28(19-29-15-7-10-18-34(29)39)24-38(22-26-11-3-1-4-12-26)23-27-13-5-2-6-14-27/h1-18,21,28,32,37H,19-20,22-25,36H2. The third-order valence-corrected chi connectivity index (χ3v) is 7.94. The monoisotopic (exact) mass is 528 g/mol. The van der Waals surface area contributed by atoms with Crippen LogP contribution in [0.1, 0.15) is 22.3 Å². The van der Waals surface area contributed by atoms with E-state index in [0.29, 0.717) is 18.9 Å². The summed E-state index contributed by atoms with van der Waals surface area (Å²) >= 11 is 0. The van der Waals surface area contributed by atoms with Crippen molar-refractivity contribution in [3.05, 3.63) is 138 Å². The highest BCUT2D eigenvalue weighted by Gasteiger charge is 2.32. The smallest absolute Gasteiger partial charge is 0.244 e. The van der Waals surface area contributed by atoms with Crippen molar-refractivity contribution >= 4 is 22.5 Å². The van der Waals surface area contributed by atoms with E-state index in [1.165, 1.54) is 16.7 Å². The molecule has 2 atom stereocenters. The maximum Gasteiger partial charge on any atom is 0.244 e. The largest absolute Gasteiger partial charge is 0.361 e. The number of nitrogens with one attached hydrogen (secondary N) is 1. The minimum atomic E-state index is -0.615. The number of aromatic nitrogens is 1. The predicted octanol–water partition coefficient (Wildman–Crippen LogP) is 5.95. The Morgan fingerprint density at radius 2 is 1.48 bits per heavy atom. The number of nitrogens with two attached hydrogens (primary N) is 1. The van der Waals surface area contributed by atoms with Crippen LogP contribution in [0.15, 0.2) is 115 Å². The number of carbonyl (C=O) groups is 1. The molecule has 0 spiro atoms. The first-order chi connectivity index (χ1) is 19.6. The van der Waals surface area contributed by atoms with Gasteiger partial charge < -0.3 is 15.6 Å². The number of rotatable bonds is 9. The topological polar surface area (TPSA) is 65.4 Å². The molecular formula is C35H36N4O. The molecule has 202 valence electrons. The Hall–Kier alpha value is -4.19. The molecule has 0 fully saturated rings. The van der Waals surface area contributed by atoms with Crippen LogP contribution in [0.4, 0.5) is 5.69 Å². The molecule has 2 heterocycles. The Balaban J connectivity index is 1.22. The van der Waals surface area contributed by atoms with E-state index >= 15 is 0 Å². The lowest BCUT2D eigenvalue weighted by Gasteiger charge is -2.38. The first-order valence-corrected chi connectivity index (χ1v) is 14.1. The van der Waals surface area contributed by atoms with Gasteiger partial charge in [0, 0.05) is 49.0 Å². The summed E-state index contributed by atoms with van der Waals surface area (Å²) in [4.78, 5) is 21.7. The van der Waals surface area contributed by atoms with Gasteiger partial charge in [-0.05, 0) is 53.1 Å². The molecule has 0 aliphatic carbocycles. The van der Waals surface area contributed by atoms with Crippen molar-refractivity contribution < 1.29 is 4.79 Å². The molecule has 0 saturated carbocycles. The molecule has 40 heavy (non-hydrogen) atoms. The van der Waals surface area contributed by atoms with E-state index < -0.39 is 6.04 Å². The van der Waals surface area contributed by atoms with Crippen LogP contribution in [0.3, 0.4) is 0 Å². The highest BCUT2D eigenvalue weighted by Crippen LogP contribution is 2.31. The van der Waals surface area contributed by atoms with Crippen LogP contribution in [0.25, 0.3) is 10.9 Å². The lowest BCUT2D eigenvalue weighted by Crippen LogP contribution is -2.50. The number of fused-ring (bicyclic) bond motifs is 2. The zero-order chi connectivity index (χ0) is 27.3. The van der Waals surface area contributed by atoms with Crippen molar-refractivity contribution in [2.75, 3.05) is 18.0 Å². The summed E-state index contributed by atoms with van der Waals surface area (Å²) in [6, 6.07) is 37.1. The van der Waals surface area contributed by atoms with Crippen molar-refractivity contribution in [2.24, 2.45) is 11.7 Å².